The van der Waals surface area contributed by atoms with Gasteiger partial charge in [0.15, 0.2) is 0 Å². The van der Waals surface area contributed by atoms with Crippen molar-refractivity contribution in [1.82, 2.24) is 4.98 Å². The Balaban J connectivity index is 2.05. The lowest BCUT2D eigenvalue weighted by molar-refractivity contribution is 0.0559. The Hall–Kier alpha value is -0.600. The lowest BCUT2D eigenvalue weighted by atomic mass is 9.73. The number of aromatic nitrogens is 1. The van der Waals surface area contributed by atoms with Crippen LogP contribution in [-0.4, -0.2) is 10.1 Å². The van der Waals surface area contributed by atoms with Crippen LogP contribution in [0.2, 0.25) is 5.15 Å². The van der Waals surface area contributed by atoms with Gasteiger partial charge in [-0.15, -0.1) is 0 Å². The molecule has 17 heavy (non-hydrogen) atoms. The van der Waals surface area contributed by atoms with Crippen molar-refractivity contribution in [2.24, 2.45) is 17.8 Å². The maximum absolute atomic E-state index is 10.4. The fourth-order valence-electron chi connectivity index (χ4n) is 2.71. The van der Waals surface area contributed by atoms with Crippen LogP contribution in [-0.2, 0) is 0 Å². The fourth-order valence-corrected chi connectivity index (χ4v) is 2.82. The van der Waals surface area contributed by atoms with E-state index < -0.39 is 6.10 Å². The normalized spacial score (nSPS) is 31.2. The van der Waals surface area contributed by atoms with Crippen LogP contribution in [0.25, 0.3) is 0 Å². The van der Waals surface area contributed by atoms with E-state index in [1.807, 2.05) is 6.07 Å². The summed E-state index contributed by atoms with van der Waals surface area (Å²) in [6.45, 7) is 4.58. The van der Waals surface area contributed by atoms with E-state index in [0.29, 0.717) is 17.0 Å². The molecule has 0 aliphatic heterocycles. The molecule has 1 aliphatic carbocycles. The second kappa shape index (κ2) is 5.36. The average Bonchev–Trinajstić information content (AvgIpc) is 2.33. The second-order valence-electron chi connectivity index (χ2n) is 5.39. The highest BCUT2D eigenvalue weighted by atomic mass is 35.5. The van der Waals surface area contributed by atoms with Gasteiger partial charge in [0.05, 0.1) is 6.10 Å². The summed E-state index contributed by atoms with van der Waals surface area (Å²) in [6.07, 6.45) is 4.72. The summed E-state index contributed by atoms with van der Waals surface area (Å²) in [4.78, 5) is 4.03. The lowest BCUT2D eigenvalue weighted by Crippen LogP contribution is -2.25. The third kappa shape index (κ3) is 2.99. The average molecular weight is 254 g/mol. The highest BCUT2D eigenvalue weighted by Crippen LogP contribution is 2.39. The topological polar surface area (TPSA) is 33.1 Å². The minimum absolute atomic E-state index is 0.365. The van der Waals surface area contributed by atoms with Crippen LogP contribution in [0.5, 0.6) is 0 Å². The van der Waals surface area contributed by atoms with Gasteiger partial charge in [0.1, 0.15) is 5.15 Å². The Labute approximate surface area is 108 Å². The molecule has 1 heterocycles. The maximum atomic E-state index is 10.4. The predicted molar refractivity (Wildman–Crippen MR) is 69.9 cm³/mol. The van der Waals surface area contributed by atoms with E-state index in [9.17, 15) is 5.11 Å². The Morgan fingerprint density at radius 1 is 1.29 bits per heavy atom. The first-order valence-corrected chi connectivity index (χ1v) is 6.75. The van der Waals surface area contributed by atoms with E-state index in [1.54, 1.807) is 12.3 Å². The first kappa shape index (κ1) is 12.8. The van der Waals surface area contributed by atoms with Crippen LogP contribution in [0, 0.1) is 17.8 Å². The van der Waals surface area contributed by atoms with Crippen LogP contribution in [0.1, 0.15) is 44.8 Å². The zero-order chi connectivity index (χ0) is 12.4. The molecular weight excluding hydrogens is 234 g/mol. The zero-order valence-electron chi connectivity index (χ0n) is 10.4. The van der Waals surface area contributed by atoms with Crippen molar-refractivity contribution in [1.29, 1.82) is 0 Å². The molecule has 2 nitrogen and oxygen atoms in total. The van der Waals surface area contributed by atoms with Crippen LogP contribution < -0.4 is 0 Å². The van der Waals surface area contributed by atoms with Gasteiger partial charge in [-0.2, -0.15) is 0 Å². The quantitative estimate of drug-likeness (QED) is 0.813. The SMILES string of the molecule is CC1CCC(C(O)c2ccc(Cl)nc2)CC1C. The van der Waals surface area contributed by atoms with E-state index in [-0.39, 0.29) is 0 Å². The van der Waals surface area contributed by atoms with E-state index in [0.717, 1.165) is 24.3 Å². The summed E-state index contributed by atoms with van der Waals surface area (Å²) in [7, 11) is 0. The summed E-state index contributed by atoms with van der Waals surface area (Å²) in [5, 5.41) is 10.8. The van der Waals surface area contributed by atoms with Gasteiger partial charge in [-0.05, 0) is 42.2 Å². The van der Waals surface area contributed by atoms with Gasteiger partial charge >= 0.3 is 0 Å². The van der Waals surface area contributed by atoms with Crippen molar-refractivity contribution in [3.05, 3.63) is 29.0 Å². The van der Waals surface area contributed by atoms with Gasteiger partial charge in [0, 0.05) is 6.20 Å². The van der Waals surface area contributed by atoms with E-state index in [4.69, 9.17) is 11.6 Å². The first-order chi connectivity index (χ1) is 8.08. The van der Waals surface area contributed by atoms with Crippen molar-refractivity contribution < 1.29 is 5.11 Å². The molecule has 4 unspecified atom stereocenters. The number of nitrogens with zero attached hydrogens (tertiary/aromatic N) is 1. The van der Waals surface area contributed by atoms with Crippen LogP contribution in [0.15, 0.2) is 18.3 Å². The van der Waals surface area contributed by atoms with E-state index in [1.165, 1.54) is 6.42 Å². The Morgan fingerprint density at radius 2 is 2.06 bits per heavy atom. The number of pyridine rings is 1. The third-order valence-corrected chi connectivity index (χ3v) is 4.40. The minimum Gasteiger partial charge on any atom is -0.388 e. The number of rotatable bonds is 2. The maximum Gasteiger partial charge on any atom is 0.129 e. The molecular formula is C14H20ClNO. The molecule has 3 heteroatoms. The summed E-state index contributed by atoms with van der Waals surface area (Å²) in [5.74, 6) is 1.84. The molecule has 94 valence electrons. The molecule has 0 amide bonds. The third-order valence-electron chi connectivity index (χ3n) is 4.18. The number of hydrogen-bond donors (Lipinski definition) is 1. The van der Waals surface area contributed by atoms with Gasteiger partial charge in [-0.25, -0.2) is 4.98 Å². The highest BCUT2D eigenvalue weighted by molar-refractivity contribution is 6.29. The number of halogens is 1. The van der Waals surface area contributed by atoms with Crippen LogP contribution in [0.3, 0.4) is 0 Å². The molecule has 0 bridgehead atoms. The molecule has 1 aliphatic rings. The van der Waals surface area contributed by atoms with Crippen molar-refractivity contribution in [2.75, 3.05) is 0 Å². The summed E-state index contributed by atoms with van der Waals surface area (Å²) >= 11 is 5.75. The molecule has 2 rings (SSSR count). The highest BCUT2D eigenvalue weighted by Gasteiger charge is 2.29. The molecule has 0 saturated heterocycles. The second-order valence-corrected chi connectivity index (χ2v) is 5.77. The molecule has 0 spiro atoms. The van der Waals surface area contributed by atoms with E-state index in [2.05, 4.69) is 18.8 Å². The lowest BCUT2D eigenvalue weighted by Gasteiger charge is -2.34. The summed E-state index contributed by atoms with van der Waals surface area (Å²) in [5.41, 5.74) is 0.890. The van der Waals surface area contributed by atoms with Crippen molar-refractivity contribution in [2.45, 2.75) is 39.2 Å². The molecule has 1 saturated carbocycles. The minimum atomic E-state index is -0.394. The van der Waals surface area contributed by atoms with Gasteiger partial charge in [-0.3, -0.25) is 0 Å². The standard InChI is InChI=1S/C14H20ClNO/c1-9-3-4-11(7-10(9)2)14(17)12-5-6-13(15)16-8-12/h5-6,8-11,14,17H,3-4,7H2,1-2H3. The summed E-state index contributed by atoms with van der Waals surface area (Å²) in [6, 6.07) is 3.62. The molecule has 1 aromatic rings. The van der Waals surface area contributed by atoms with Gasteiger partial charge in [0.2, 0.25) is 0 Å². The Kier molecular flexibility index (Phi) is 4.05. The predicted octanol–water partition coefficient (Wildman–Crippen LogP) is 3.84. The zero-order valence-corrected chi connectivity index (χ0v) is 11.2. The van der Waals surface area contributed by atoms with Crippen molar-refractivity contribution in [3.8, 4) is 0 Å². The molecule has 1 aromatic heterocycles. The Bertz CT molecular complexity index is 365. The van der Waals surface area contributed by atoms with Gasteiger partial charge in [0.25, 0.3) is 0 Å². The number of aliphatic hydroxyl groups excluding tert-OH is 1. The van der Waals surface area contributed by atoms with Crippen LogP contribution in [0.4, 0.5) is 0 Å². The monoisotopic (exact) mass is 253 g/mol. The number of hydrogen-bond acceptors (Lipinski definition) is 2. The fraction of sp³-hybridized carbons (Fsp3) is 0.643. The first-order valence-electron chi connectivity index (χ1n) is 6.37. The van der Waals surface area contributed by atoms with Crippen molar-refractivity contribution in [3.63, 3.8) is 0 Å². The van der Waals surface area contributed by atoms with Crippen LogP contribution >= 0.6 is 11.6 Å². The molecule has 4 atom stereocenters. The molecule has 0 radical (unpaired) electrons. The largest absolute Gasteiger partial charge is 0.388 e. The van der Waals surface area contributed by atoms with Gasteiger partial charge < -0.3 is 5.11 Å². The number of aliphatic hydroxyl groups is 1. The van der Waals surface area contributed by atoms with Crippen molar-refractivity contribution >= 4 is 11.6 Å². The molecule has 0 aromatic carbocycles. The molecule has 1 fully saturated rings. The molecule has 1 N–H and O–H groups in total. The Morgan fingerprint density at radius 3 is 2.65 bits per heavy atom. The smallest absolute Gasteiger partial charge is 0.129 e. The van der Waals surface area contributed by atoms with E-state index >= 15 is 0 Å². The van der Waals surface area contributed by atoms with Gasteiger partial charge in [-0.1, -0.05) is 37.9 Å². The summed E-state index contributed by atoms with van der Waals surface area (Å²) < 4.78 is 0.